The van der Waals surface area contributed by atoms with Gasteiger partial charge < -0.3 is 10.1 Å². The van der Waals surface area contributed by atoms with Crippen molar-refractivity contribution in [2.24, 2.45) is 5.92 Å². The lowest BCUT2D eigenvalue weighted by Crippen LogP contribution is -2.09. The molecule has 0 fully saturated rings. The molecule has 2 nitrogen and oxygen atoms in total. The summed E-state index contributed by atoms with van der Waals surface area (Å²) in [4.78, 5) is 10.3. The molecule has 0 aromatic carbocycles. The van der Waals surface area contributed by atoms with E-state index in [1.54, 1.807) is 0 Å². The van der Waals surface area contributed by atoms with E-state index in [9.17, 15) is 4.79 Å². The third-order valence-electron chi connectivity index (χ3n) is 1.53. The standard InChI is InChI=1S/C7H11NO/c9-6-7-2-1-4-8-5-3-7/h1,4,6-8H,2-3,5H2. The molecule has 0 spiro atoms. The molecule has 2 heteroatoms. The zero-order valence-corrected chi connectivity index (χ0v) is 5.34. The van der Waals surface area contributed by atoms with E-state index in [1.165, 1.54) is 0 Å². The molecule has 0 radical (unpaired) electrons. The van der Waals surface area contributed by atoms with Gasteiger partial charge >= 0.3 is 0 Å². The quantitative estimate of drug-likeness (QED) is 0.523. The fourth-order valence-electron chi connectivity index (χ4n) is 0.920. The van der Waals surface area contributed by atoms with Gasteiger partial charge in [0.25, 0.3) is 0 Å². The smallest absolute Gasteiger partial charge is 0.123 e. The summed E-state index contributed by atoms with van der Waals surface area (Å²) in [6, 6.07) is 0. The van der Waals surface area contributed by atoms with E-state index in [2.05, 4.69) is 5.32 Å². The highest BCUT2D eigenvalue weighted by Gasteiger charge is 2.05. The van der Waals surface area contributed by atoms with Crippen molar-refractivity contribution in [3.8, 4) is 0 Å². The SMILES string of the molecule is O=CC1CC=CNCC1. The normalized spacial score (nSPS) is 26.4. The van der Waals surface area contributed by atoms with Crippen LogP contribution < -0.4 is 5.32 Å². The molecule has 0 amide bonds. The summed E-state index contributed by atoms with van der Waals surface area (Å²) >= 11 is 0. The van der Waals surface area contributed by atoms with E-state index in [4.69, 9.17) is 0 Å². The molecule has 1 heterocycles. The fraction of sp³-hybridized carbons (Fsp3) is 0.571. The van der Waals surface area contributed by atoms with Gasteiger partial charge in [-0.25, -0.2) is 0 Å². The van der Waals surface area contributed by atoms with Crippen molar-refractivity contribution < 1.29 is 4.79 Å². The molecule has 9 heavy (non-hydrogen) atoms. The summed E-state index contributed by atoms with van der Waals surface area (Å²) in [5.74, 6) is 0.247. The van der Waals surface area contributed by atoms with Gasteiger partial charge in [-0.2, -0.15) is 0 Å². The maximum atomic E-state index is 10.3. The largest absolute Gasteiger partial charge is 0.391 e. The maximum absolute atomic E-state index is 10.3. The molecule has 0 saturated heterocycles. The number of carbonyl (C=O) groups is 1. The van der Waals surface area contributed by atoms with E-state index < -0.39 is 0 Å². The first-order valence-corrected chi connectivity index (χ1v) is 3.27. The summed E-state index contributed by atoms with van der Waals surface area (Å²) < 4.78 is 0. The highest BCUT2D eigenvalue weighted by molar-refractivity contribution is 5.53. The average molecular weight is 125 g/mol. The summed E-state index contributed by atoms with van der Waals surface area (Å²) in [6.07, 6.45) is 6.83. The highest BCUT2D eigenvalue weighted by atomic mass is 16.1. The Kier molecular flexibility index (Phi) is 2.31. The van der Waals surface area contributed by atoms with Crippen LogP contribution in [0.3, 0.4) is 0 Å². The monoisotopic (exact) mass is 125 g/mol. The number of allylic oxidation sites excluding steroid dienone is 1. The Bertz CT molecular complexity index is 120. The van der Waals surface area contributed by atoms with E-state index >= 15 is 0 Å². The van der Waals surface area contributed by atoms with Gasteiger partial charge in [-0.1, -0.05) is 6.08 Å². The first-order chi connectivity index (χ1) is 4.43. The molecule has 1 aliphatic heterocycles. The van der Waals surface area contributed by atoms with Gasteiger partial charge in [0.05, 0.1) is 0 Å². The second-order valence-corrected chi connectivity index (χ2v) is 2.28. The minimum atomic E-state index is 0.247. The second kappa shape index (κ2) is 3.28. The number of rotatable bonds is 1. The average Bonchev–Trinajstić information content (AvgIpc) is 2.13. The zero-order valence-electron chi connectivity index (χ0n) is 5.34. The Balaban J connectivity index is 2.37. The van der Waals surface area contributed by atoms with Gasteiger partial charge in [-0.05, 0) is 19.0 Å². The molecule has 0 saturated carbocycles. The van der Waals surface area contributed by atoms with Crippen molar-refractivity contribution in [2.75, 3.05) is 6.54 Å². The Morgan fingerprint density at radius 3 is 3.33 bits per heavy atom. The molecule has 1 atom stereocenters. The lowest BCUT2D eigenvalue weighted by Gasteiger charge is -2.01. The third kappa shape index (κ3) is 1.88. The number of aldehydes is 1. The Labute approximate surface area is 54.9 Å². The molecule has 0 aromatic heterocycles. The second-order valence-electron chi connectivity index (χ2n) is 2.28. The van der Waals surface area contributed by atoms with Crippen molar-refractivity contribution in [3.05, 3.63) is 12.3 Å². The summed E-state index contributed by atoms with van der Waals surface area (Å²) in [5, 5.41) is 3.07. The van der Waals surface area contributed by atoms with Gasteiger partial charge in [0.15, 0.2) is 0 Å². The third-order valence-corrected chi connectivity index (χ3v) is 1.53. The van der Waals surface area contributed by atoms with Crippen LogP contribution in [0.25, 0.3) is 0 Å². The van der Waals surface area contributed by atoms with E-state index in [0.717, 1.165) is 25.7 Å². The summed E-state index contributed by atoms with van der Waals surface area (Å²) in [5.41, 5.74) is 0. The first-order valence-electron chi connectivity index (χ1n) is 3.27. The predicted octanol–water partition coefficient (Wildman–Crippen LogP) is 0.699. The molecule has 1 N–H and O–H groups in total. The molecule has 1 aliphatic rings. The Morgan fingerprint density at radius 2 is 2.56 bits per heavy atom. The number of hydrogen-bond donors (Lipinski definition) is 1. The number of nitrogens with one attached hydrogen (secondary N) is 1. The first kappa shape index (κ1) is 6.33. The van der Waals surface area contributed by atoms with E-state index in [0.29, 0.717) is 0 Å². The van der Waals surface area contributed by atoms with Gasteiger partial charge in [0.2, 0.25) is 0 Å². The van der Waals surface area contributed by atoms with Crippen LogP contribution in [0.2, 0.25) is 0 Å². The van der Waals surface area contributed by atoms with Crippen LogP contribution >= 0.6 is 0 Å². The van der Waals surface area contributed by atoms with Crippen LogP contribution in [0, 0.1) is 5.92 Å². The van der Waals surface area contributed by atoms with Gasteiger partial charge in [-0.15, -0.1) is 0 Å². The summed E-state index contributed by atoms with van der Waals surface area (Å²) in [6.45, 7) is 0.930. The van der Waals surface area contributed by atoms with Crippen molar-refractivity contribution in [3.63, 3.8) is 0 Å². The molecule has 1 unspecified atom stereocenters. The fourth-order valence-corrected chi connectivity index (χ4v) is 0.920. The lowest BCUT2D eigenvalue weighted by molar-refractivity contribution is -0.111. The summed E-state index contributed by atoms with van der Waals surface area (Å²) in [7, 11) is 0. The van der Waals surface area contributed by atoms with Crippen LogP contribution in [-0.4, -0.2) is 12.8 Å². The zero-order chi connectivity index (χ0) is 6.53. The van der Waals surface area contributed by atoms with Crippen LogP contribution in [0.15, 0.2) is 12.3 Å². The minimum Gasteiger partial charge on any atom is -0.391 e. The molecule has 0 bridgehead atoms. The van der Waals surface area contributed by atoms with Crippen molar-refractivity contribution in [1.29, 1.82) is 0 Å². The van der Waals surface area contributed by atoms with Crippen LogP contribution in [-0.2, 0) is 4.79 Å². The van der Waals surface area contributed by atoms with E-state index in [1.807, 2.05) is 12.3 Å². The number of hydrogen-bond acceptors (Lipinski definition) is 2. The maximum Gasteiger partial charge on any atom is 0.123 e. The molecule has 50 valence electrons. The molecule has 0 aromatic rings. The van der Waals surface area contributed by atoms with Crippen molar-refractivity contribution in [1.82, 2.24) is 5.32 Å². The van der Waals surface area contributed by atoms with Gasteiger partial charge in [0.1, 0.15) is 6.29 Å². The molecular weight excluding hydrogens is 114 g/mol. The number of carbonyl (C=O) groups excluding carboxylic acids is 1. The van der Waals surface area contributed by atoms with E-state index in [-0.39, 0.29) is 5.92 Å². The Morgan fingerprint density at radius 1 is 1.67 bits per heavy atom. The predicted molar refractivity (Wildman–Crippen MR) is 35.9 cm³/mol. The highest BCUT2D eigenvalue weighted by Crippen LogP contribution is 2.06. The van der Waals surface area contributed by atoms with Crippen molar-refractivity contribution >= 4 is 6.29 Å². The van der Waals surface area contributed by atoms with Crippen molar-refractivity contribution in [2.45, 2.75) is 12.8 Å². The molecule has 1 rings (SSSR count). The lowest BCUT2D eigenvalue weighted by atomic mass is 10.0. The van der Waals surface area contributed by atoms with Gasteiger partial charge in [-0.3, -0.25) is 0 Å². The molecular formula is C7H11NO. The molecule has 0 aliphatic carbocycles. The van der Waals surface area contributed by atoms with Crippen LogP contribution in [0.1, 0.15) is 12.8 Å². The van der Waals surface area contributed by atoms with Crippen LogP contribution in [0.4, 0.5) is 0 Å². The topological polar surface area (TPSA) is 29.1 Å². The Hall–Kier alpha value is -0.790. The van der Waals surface area contributed by atoms with Crippen LogP contribution in [0.5, 0.6) is 0 Å². The minimum absolute atomic E-state index is 0.247. The van der Waals surface area contributed by atoms with Gasteiger partial charge in [0, 0.05) is 12.5 Å².